The van der Waals surface area contributed by atoms with Gasteiger partial charge in [0.2, 0.25) is 0 Å². The third-order valence-electron chi connectivity index (χ3n) is 5.28. The van der Waals surface area contributed by atoms with Crippen LogP contribution in [-0.4, -0.2) is 36.5 Å². The third-order valence-corrected chi connectivity index (χ3v) is 5.58. The van der Waals surface area contributed by atoms with E-state index < -0.39 is 0 Å². The largest absolute Gasteiger partial charge is 0.449 e. The third kappa shape index (κ3) is 3.81. The van der Waals surface area contributed by atoms with E-state index in [0.717, 1.165) is 49.3 Å². The lowest BCUT2D eigenvalue weighted by Crippen LogP contribution is -2.45. The van der Waals surface area contributed by atoms with Crippen molar-refractivity contribution in [1.29, 1.82) is 0 Å². The van der Waals surface area contributed by atoms with E-state index in [1.807, 2.05) is 24.0 Å². The standard InChI is InChI=1S/C19H23ClN2O2.ClH/c1-12-15-3-2-4-16(20)18(15)24-17(12)19(23)22-9-7-14(8-10-22)21-11-13-5-6-13;/h2-4,13-14,21H,5-11H2,1H3;1H. The second-order valence-corrected chi connectivity index (χ2v) is 7.50. The number of para-hydroxylation sites is 1. The molecule has 1 aliphatic heterocycles. The lowest BCUT2D eigenvalue weighted by atomic mass is 10.0. The number of rotatable bonds is 4. The molecule has 1 N–H and O–H groups in total. The molecule has 6 heteroatoms. The van der Waals surface area contributed by atoms with Crippen LogP contribution < -0.4 is 5.32 Å². The minimum absolute atomic E-state index is 0. The number of furan rings is 1. The van der Waals surface area contributed by atoms with Crippen molar-refractivity contribution in [3.8, 4) is 0 Å². The Hall–Kier alpha value is -1.23. The summed E-state index contributed by atoms with van der Waals surface area (Å²) < 4.78 is 5.82. The maximum atomic E-state index is 12.9. The first-order chi connectivity index (χ1) is 11.6. The number of nitrogens with zero attached hydrogens (tertiary/aromatic N) is 1. The molecule has 2 fully saturated rings. The number of aryl methyl sites for hydroxylation is 1. The fourth-order valence-electron chi connectivity index (χ4n) is 3.50. The summed E-state index contributed by atoms with van der Waals surface area (Å²) in [6.45, 7) is 4.63. The van der Waals surface area contributed by atoms with E-state index in [-0.39, 0.29) is 18.3 Å². The zero-order chi connectivity index (χ0) is 16.7. The molecule has 1 aliphatic carbocycles. The molecule has 4 nitrogen and oxygen atoms in total. The number of likely N-dealkylation sites (tertiary alicyclic amines) is 1. The Morgan fingerprint density at radius 2 is 2.00 bits per heavy atom. The van der Waals surface area contributed by atoms with Crippen LogP contribution in [0.2, 0.25) is 5.02 Å². The second kappa shape index (κ2) is 7.56. The van der Waals surface area contributed by atoms with Crippen LogP contribution in [0, 0.1) is 12.8 Å². The average molecular weight is 383 g/mol. The van der Waals surface area contributed by atoms with Crippen LogP contribution in [-0.2, 0) is 0 Å². The molecule has 2 heterocycles. The Balaban J connectivity index is 0.00000182. The predicted octanol–water partition coefficient (Wildman–Crippen LogP) is 4.42. The molecule has 136 valence electrons. The minimum Gasteiger partial charge on any atom is -0.449 e. The SMILES string of the molecule is Cc1c(C(=O)N2CCC(NCC3CC3)CC2)oc2c(Cl)cccc12.Cl. The summed E-state index contributed by atoms with van der Waals surface area (Å²) in [6, 6.07) is 6.17. The predicted molar refractivity (Wildman–Crippen MR) is 103 cm³/mol. The van der Waals surface area contributed by atoms with E-state index in [1.54, 1.807) is 6.07 Å². The fourth-order valence-corrected chi connectivity index (χ4v) is 3.71. The summed E-state index contributed by atoms with van der Waals surface area (Å²) in [7, 11) is 0. The minimum atomic E-state index is -0.0135. The molecule has 0 bridgehead atoms. The maximum Gasteiger partial charge on any atom is 0.289 e. The summed E-state index contributed by atoms with van der Waals surface area (Å²) in [5.74, 6) is 1.32. The van der Waals surface area contributed by atoms with Crippen LogP contribution in [0.1, 0.15) is 41.8 Å². The molecule has 1 saturated heterocycles. The van der Waals surface area contributed by atoms with Gasteiger partial charge in [-0.1, -0.05) is 23.7 Å². The van der Waals surface area contributed by atoms with Gasteiger partial charge >= 0.3 is 0 Å². The molecule has 1 amide bonds. The first-order valence-corrected chi connectivity index (χ1v) is 9.21. The smallest absolute Gasteiger partial charge is 0.289 e. The number of hydrogen-bond donors (Lipinski definition) is 1. The van der Waals surface area contributed by atoms with Crippen molar-refractivity contribution >= 4 is 40.9 Å². The molecular weight excluding hydrogens is 359 g/mol. The number of carbonyl (C=O) groups excluding carboxylic acids is 1. The Labute approximate surface area is 159 Å². The fraction of sp³-hybridized carbons (Fsp3) is 0.526. The van der Waals surface area contributed by atoms with E-state index in [2.05, 4.69) is 5.32 Å². The second-order valence-electron chi connectivity index (χ2n) is 7.09. The molecule has 2 aromatic rings. The Kier molecular flexibility index (Phi) is 5.62. The van der Waals surface area contributed by atoms with Gasteiger partial charge in [0.25, 0.3) is 5.91 Å². The maximum absolute atomic E-state index is 12.9. The van der Waals surface area contributed by atoms with E-state index in [4.69, 9.17) is 16.0 Å². The van der Waals surface area contributed by atoms with Gasteiger partial charge in [0.15, 0.2) is 11.3 Å². The summed E-state index contributed by atoms with van der Waals surface area (Å²) in [4.78, 5) is 14.8. The number of fused-ring (bicyclic) bond motifs is 1. The molecule has 2 aliphatic rings. The van der Waals surface area contributed by atoms with Crippen molar-refractivity contribution in [2.75, 3.05) is 19.6 Å². The van der Waals surface area contributed by atoms with Crippen LogP contribution >= 0.6 is 24.0 Å². The first-order valence-electron chi connectivity index (χ1n) is 8.83. The van der Waals surface area contributed by atoms with Crippen LogP contribution in [0.3, 0.4) is 0 Å². The summed E-state index contributed by atoms with van der Waals surface area (Å²) in [6.07, 6.45) is 4.77. The van der Waals surface area contributed by atoms with Crippen LogP contribution in [0.15, 0.2) is 22.6 Å². The van der Waals surface area contributed by atoms with Crippen LogP contribution in [0.25, 0.3) is 11.0 Å². The van der Waals surface area contributed by atoms with Crippen LogP contribution in [0.4, 0.5) is 0 Å². The van der Waals surface area contributed by atoms with E-state index in [1.165, 1.54) is 12.8 Å². The van der Waals surface area contributed by atoms with Crippen molar-refractivity contribution in [2.24, 2.45) is 5.92 Å². The van der Waals surface area contributed by atoms with Crippen molar-refractivity contribution in [1.82, 2.24) is 10.2 Å². The van der Waals surface area contributed by atoms with Gasteiger partial charge in [0, 0.05) is 30.1 Å². The van der Waals surface area contributed by atoms with Gasteiger partial charge in [-0.05, 0) is 51.1 Å². The number of piperidine rings is 1. The van der Waals surface area contributed by atoms with Gasteiger partial charge in [-0.2, -0.15) is 0 Å². The van der Waals surface area contributed by atoms with Crippen molar-refractivity contribution in [3.05, 3.63) is 34.5 Å². The van der Waals surface area contributed by atoms with E-state index >= 15 is 0 Å². The van der Waals surface area contributed by atoms with Gasteiger partial charge in [-0.15, -0.1) is 12.4 Å². The molecule has 25 heavy (non-hydrogen) atoms. The van der Waals surface area contributed by atoms with Gasteiger partial charge < -0.3 is 14.6 Å². The van der Waals surface area contributed by atoms with E-state index in [9.17, 15) is 4.79 Å². The summed E-state index contributed by atoms with van der Waals surface area (Å²) in [5.41, 5.74) is 1.49. The van der Waals surface area contributed by atoms with E-state index in [0.29, 0.717) is 22.4 Å². The quantitative estimate of drug-likeness (QED) is 0.850. The zero-order valence-corrected chi connectivity index (χ0v) is 16.0. The normalized spacial score (nSPS) is 18.4. The number of benzene rings is 1. The number of nitrogens with one attached hydrogen (secondary N) is 1. The highest BCUT2D eigenvalue weighted by Crippen LogP contribution is 2.32. The lowest BCUT2D eigenvalue weighted by molar-refractivity contribution is 0.0674. The zero-order valence-electron chi connectivity index (χ0n) is 14.4. The molecule has 0 spiro atoms. The van der Waals surface area contributed by atoms with Crippen molar-refractivity contribution in [3.63, 3.8) is 0 Å². The molecule has 1 saturated carbocycles. The molecule has 0 unspecified atom stereocenters. The number of amides is 1. The number of carbonyl (C=O) groups is 1. The first kappa shape index (κ1) is 18.6. The monoisotopic (exact) mass is 382 g/mol. The molecule has 0 atom stereocenters. The highest BCUT2D eigenvalue weighted by atomic mass is 35.5. The van der Waals surface area contributed by atoms with Crippen molar-refractivity contribution < 1.29 is 9.21 Å². The van der Waals surface area contributed by atoms with Gasteiger partial charge in [-0.25, -0.2) is 0 Å². The molecule has 4 rings (SSSR count). The van der Waals surface area contributed by atoms with Crippen LogP contribution in [0.5, 0.6) is 0 Å². The van der Waals surface area contributed by atoms with Crippen molar-refractivity contribution in [2.45, 2.75) is 38.6 Å². The van der Waals surface area contributed by atoms with Gasteiger partial charge in [0.05, 0.1) is 5.02 Å². The molecular formula is C19H24Cl2N2O2. The molecule has 0 radical (unpaired) electrons. The molecule has 1 aromatic carbocycles. The highest BCUT2D eigenvalue weighted by Gasteiger charge is 2.29. The lowest BCUT2D eigenvalue weighted by Gasteiger charge is -2.32. The summed E-state index contributed by atoms with van der Waals surface area (Å²) in [5, 5.41) is 5.12. The Morgan fingerprint density at radius 1 is 1.28 bits per heavy atom. The Bertz CT molecular complexity index is 762. The topological polar surface area (TPSA) is 45.5 Å². The Morgan fingerprint density at radius 3 is 2.64 bits per heavy atom. The average Bonchev–Trinajstić information content (AvgIpc) is 3.37. The highest BCUT2D eigenvalue weighted by molar-refractivity contribution is 6.35. The van der Waals surface area contributed by atoms with Gasteiger partial charge in [-0.3, -0.25) is 4.79 Å². The molecule has 1 aromatic heterocycles. The number of hydrogen-bond acceptors (Lipinski definition) is 3. The number of halogens is 2. The summed E-state index contributed by atoms with van der Waals surface area (Å²) >= 11 is 6.19. The van der Waals surface area contributed by atoms with Gasteiger partial charge in [0.1, 0.15) is 0 Å².